The van der Waals surface area contributed by atoms with Crippen molar-refractivity contribution >= 4 is 11.2 Å². The highest BCUT2D eigenvalue weighted by Gasteiger charge is 1.98. The molecule has 0 saturated heterocycles. The quantitative estimate of drug-likeness (QED) is 0.724. The minimum Gasteiger partial charge on any atom is -0.341 e. The molecule has 3 nitrogen and oxygen atoms in total. The third-order valence-electron chi connectivity index (χ3n) is 1.60. The minimum absolute atomic E-state index is 0.808. The van der Waals surface area contributed by atoms with Crippen molar-refractivity contribution in [2.45, 2.75) is 55.4 Å². The third-order valence-corrected chi connectivity index (χ3v) is 1.60. The van der Waals surface area contributed by atoms with Gasteiger partial charge in [-0.1, -0.05) is 41.5 Å². The van der Waals surface area contributed by atoms with Gasteiger partial charge in [0, 0.05) is 5.69 Å². The SMILES string of the molecule is CC.CC.CC.Cc1ccc2[nH]c(C)nc2n1. The molecule has 2 aromatic rings. The first-order chi connectivity index (χ1) is 8.25. The Balaban J connectivity index is 0. The minimum atomic E-state index is 0.808. The summed E-state index contributed by atoms with van der Waals surface area (Å²) in [5.74, 6) is 0.915. The van der Waals surface area contributed by atoms with Crippen LogP contribution in [0.2, 0.25) is 0 Å². The third kappa shape index (κ3) is 6.05. The zero-order valence-corrected chi connectivity index (χ0v) is 12.5. The molecule has 0 saturated carbocycles. The number of rotatable bonds is 0. The predicted octanol–water partition coefficient (Wildman–Crippen LogP) is 4.65. The van der Waals surface area contributed by atoms with Gasteiger partial charge in [-0.2, -0.15) is 0 Å². The van der Waals surface area contributed by atoms with Gasteiger partial charge in [-0.05, 0) is 26.0 Å². The average molecular weight is 237 g/mol. The molecular weight excluding hydrogens is 210 g/mol. The second-order valence-electron chi connectivity index (χ2n) is 2.65. The number of fused-ring (bicyclic) bond motifs is 1. The summed E-state index contributed by atoms with van der Waals surface area (Å²) in [5, 5.41) is 0. The van der Waals surface area contributed by atoms with E-state index in [0.717, 1.165) is 22.7 Å². The number of aryl methyl sites for hydroxylation is 2. The summed E-state index contributed by atoms with van der Waals surface area (Å²) in [6.07, 6.45) is 0. The van der Waals surface area contributed by atoms with E-state index in [2.05, 4.69) is 15.0 Å². The van der Waals surface area contributed by atoms with Crippen LogP contribution in [0.1, 0.15) is 53.1 Å². The van der Waals surface area contributed by atoms with Crippen molar-refractivity contribution in [3.05, 3.63) is 23.7 Å². The second-order valence-corrected chi connectivity index (χ2v) is 2.65. The Morgan fingerprint density at radius 3 is 1.88 bits per heavy atom. The molecule has 0 atom stereocenters. The van der Waals surface area contributed by atoms with Crippen LogP contribution in [0.5, 0.6) is 0 Å². The van der Waals surface area contributed by atoms with Crippen LogP contribution in [0.3, 0.4) is 0 Å². The van der Waals surface area contributed by atoms with Gasteiger partial charge in [0.15, 0.2) is 5.65 Å². The van der Waals surface area contributed by atoms with E-state index in [1.54, 1.807) is 0 Å². The summed E-state index contributed by atoms with van der Waals surface area (Å²) in [5.41, 5.74) is 2.82. The van der Waals surface area contributed by atoms with Crippen molar-refractivity contribution in [3.63, 3.8) is 0 Å². The Morgan fingerprint density at radius 1 is 0.824 bits per heavy atom. The Kier molecular flexibility index (Phi) is 11.8. The van der Waals surface area contributed by atoms with E-state index < -0.39 is 0 Å². The first kappa shape index (κ1) is 18.0. The fourth-order valence-corrected chi connectivity index (χ4v) is 1.11. The molecule has 0 unspecified atom stereocenters. The fraction of sp³-hybridized carbons (Fsp3) is 0.571. The zero-order chi connectivity index (χ0) is 13.8. The molecule has 0 aliphatic rings. The van der Waals surface area contributed by atoms with Gasteiger partial charge in [0.2, 0.25) is 0 Å². The topological polar surface area (TPSA) is 41.6 Å². The van der Waals surface area contributed by atoms with E-state index in [1.807, 2.05) is 67.5 Å². The zero-order valence-electron chi connectivity index (χ0n) is 12.5. The van der Waals surface area contributed by atoms with Crippen LogP contribution in [0.15, 0.2) is 12.1 Å². The van der Waals surface area contributed by atoms with Gasteiger partial charge >= 0.3 is 0 Å². The molecule has 0 aliphatic heterocycles. The number of nitrogens with zero attached hydrogens (tertiary/aromatic N) is 2. The van der Waals surface area contributed by atoms with Crippen LogP contribution in [0, 0.1) is 13.8 Å². The lowest BCUT2D eigenvalue weighted by Gasteiger charge is -1.88. The molecule has 17 heavy (non-hydrogen) atoms. The fourth-order valence-electron chi connectivity index (χ4n) is 1.11. The maximum absolute atomic E-state index is 4.25. The lowest BCUT2D eigenvalue weighted by Crippen LogP contribution is -1.80. The number of hydrogen-bond donors (Lipinski definition) is 1. The molecule has 2 heterocycles. The van der Waals surface area contributed by atoms with Crippen molar-refractivity contribution in [2.24, 2.45) is 0 Å². The molecule has 0 amide bonds. The number of aromatic amines is 1. The van der Waals surface area contributed by atoms with Crippen molar-refractivity contribution in [1.29, 1.82) is 0 Å². The molecule has 0 bridgehead atoms. The Morgan fingerprint density at radius 2 is 1.35 bits per heavy atom. The van der Waals surface area contributed by atoms with Gasteiger partial charge in [-0.25, -0.2) is 9.97 Å². The number of aromatic nitrogens is 3. The van der Waals surface area contributed by atoms with Gasteiger partial charge in [0.05, 0.1) is 5.52 Å². The molecule has 1 N–H and O–H groups in total. The maximum Gasteiger partial charge on any atom is 0.177 e. The summed E-state index contributed by atoms with van der Waals surface area (Å²) in [6, 6.07) is 3.97. The van der Waals surface area contributed by atoms with E-state index in [4.69, 9.17) is 0 Å². The molecule has 0 aliphatic carbocycles. The van der Waals surface area contributed by atoms with Crippen LogP contribution < -0.4 is 0 Å². The van der Waals surface area contributed by atoms with Gasteiger partial charge in [-0.15, -0.1) is 0 Å². The molecule has 0 aromatic carbocycles. The van der Waals surface area contributed by atoms with Crippen LogP contribution in [0.25, 0.3) is 11.2 Å². The summed E-state index contributed by atoms with van der Waals surface area (Å²) >= 11 is 0. The summed E-state index contributed by atoms with van der Waals surface area (Å²) in [7, 11) is 0. The van der Waals surface area contributed by atoms with Crippen LogP contribution >= 0.6 is 0 Å². The Hall–Kier alpha value is -1.38. The lowest BCUT2D eigenvalue weighted by atomic mass is 10.4. The van der Waals surface area contributed by atoms with Gasteiger partial charge in [0.1, 0.15) is 5.82 Å². The van der Waals surface area contributed by atoms with Crippen LogP contribution in [-0.4, -0.2) is 15.0 Å². The summed E-state index contributed by atoms with van der Waals surface area (Å²) < 4.78 is 0. The van der Waals surface area contributed by atoms with Crippen molar-refractivity contribution in [1.82, 2.24) is 15.0 Å². The number of hydrogen-bond acceptors (Lipinski definition) is 2. The number of imidazole rings is 1. The van der Waals surface area contributed by atoms with Gasteiger partial charge < -0.3 is 4.98 Å². The Bertz CT molecular complexity index is 391. The molecule has 2 aromatic heterocycles. The normalized spacial score (nSPS) is 8.00. The number of H-pyrrole nitrogens is 1. The first-order valence-corrected chi connectivity index (χ1v) is 6.56. The molecule has 0 spiro atoms. The van der Waals surface area contributed by atoms with Crippen molar-refractivity contribution in [2.75, 3.05) is 0 Å². The molecular formula is C14H27N3. The lowest BCUT2D eigenvalue weighted by molar-refractivity contribution is 1.15. The highest BCUT2D eigenvalue weighted by Crippen LogP contribution is 2.08. The number of nitrogens with one attached hydrogen (secondary N) is 1. The standard InChI is InChI=1S/C8H9N3.3C2H6/c1-5-3-4-7-8(9-5)11-6(2)10-7;3*1-2/h3-4H,1-2H3,(H,9,10,11);3*1-2H3. The highest BCUT2D eigenvalue weighted by molar-refractivity contribution is 5.70. The predicted molar refractivity (Wildman–Crippen MR) is 77.4 cm³/mol. The van der Waals surface area contributed by atoms with E-state index in [1.165, 1.54) is 0 Å². The average Bonchev–Trinajstić information content (AvgIpc) is 2.76. The molecule has 3 heteroatoms. The molecule has 2 rings (SSSR count). The van der Waals surface area contributed by atoms with Gasteiger partial charge in [-0.3, -0.25) is 0 Å². The molecule has 98 valence electrons. The van der Waals surface area contributed by atoms with Crippen molar-refractivity contribution in [3.8, 4) is 0 Å². The van der Waals surface area contributed by atoms with E-state index >= 15 is 0 Å². The Labute approximate surface area is 106 Å². The van der Waals surface area contributed by atoms with E-state index in [9.17, 15) is 0 Å². The second kappa shape index (κ2) is 11.1. The monoisotopic (exact) mass is 237 g/mol. The summed E-state index contributed by atoms with van der Waals surface area (Å²) in [6.45, 7) is 15.9. The smallest absolute Gasteiger partial charge is 0.177 e. The van der Waals surface area contributed by atoms with Gasteiger partial charge in [0.25, 0.3) is 0 Å². The number of pyridine rings is 1. The largest absolute Gasteiger partial charge is 0.341 e. The van der Waals surface area contributed by atoms with E-state index in [0.29, 0.717) is 0 Å². The van der Waals surface area contributed by atoms with Crippen LogP contribution in [0.4, 0.5) is 0 Å². The van der Waals surface area contributed by atoms with Crippen molar-refractivity contribution < 1.29 is 0 Å². The molecule has 0 fully saturated rings. The summed E-state index contributed by atoms with van der Waals surface area (Å²) in [4.78, 5) is 11.6. The first-order valence-electron chi connectivity index (χ1n) is 6.56. The maximum atomic E-state index is 4.25. The highest BCUT2D eigenvalue weighted by atomic mass is 15.0. The van der Waals surface area contributed by atoms with Crippen LogP contribution in [-0.2, 0) is 0 Å². The van der Waals surface area contributed by atoms with E-state index in [-0.39, 0.29) is 0 Å². The molecule has 0 radical (unpaired) electrons.